The molecule has 2 amide bonds. The summed E-state index contributed by atoms with van der Waals surface area (Å²) in [5, 5.41) is 2.10. The fourth-order valence-corrected chi connectivity index (χ4v) is 6.01. The van der Waals surface area contributed by atoms with Crippen molar-refractivity contribution >= 4 is 23.2 Å². The minimum atomic E-state index is -0.279. The second kappa shape index (κ2) is 12.9. The predicted molar refractivity (Wildman–Crippen MR) is 147 cm³/mol. The summed E-state index contributed by atoms with van der Waals surface area (Å²) in [6.45, 7) is 3.72. The number of hydrogen-bond donors (Lipinski definition) is 0. The van der Waals surface area contributed by atoms with Crippen LogP contribution in [0.2, 0.25) is 0 Å². The lowest BCUT2D eigenvalue weighted by Crippen LogP contribution is -2.48. The number of hydrogen-bond acceptors (Lipinski definition) is 5. The first-order chi connectivity index (χ1) is 18.1. The van der Waals surface area contributed by atoms with Gasteiger partial charge in [-0.2, -0.15) is 0 Å². The van der Waals surface area contributed by atoms with Crippen molar-refractivity contribution < 1.29 is 19.1 Å². The largest absolute Gasteiger partial charge is 0.497 e. The number of nitrogens with zero attached hydrogens (tertiary/aromatic N) is 2. The summed E-state index contributed by atoms with van der Waals surface area (Å²) in [6, 6.07) is 19.7. The first-order valence-corrected chi connectivity index (χ1v) is 13.8. The Balaban J connectivity index is 1.60. The maximum atomic E-state index is 13.9. The second-order valence-electron chi connectivity index (χ2n) is 9.29. The molecule has 7 heteroatoms. The molecule has 0 saturated carbocycles. The minimum Gasteiger partial charge on any atom is -0.497 e. The molecule has 1 aliphatic rings. The van der Waals surface area contributed by atoms with Gasteiger partial charge in [0.2, 0.25) is 11.8 Å². The van der Waals surface area contributed by atoms with Crippen molar-refractivity contribution in [2.24, 2.45) is 0 Å². The van der Waals surface area contributed by atoms with Gasteiger partial charge in [-0.1, -0.05) is 49.4 Å². The third kappa shape index (κ3) is 6.22. The van der Waals surface area contributed by atoms with E-state index >= 15 is 0 Å². The lowest BCUT2D eigenvalue weighted by Gasteiger charge is -2.38. The van der Waals surface area contributed by atoms with Gasteiger partial charge in [0.05, 0.1) is 25.6 Å². The van der Waals surface area contributed by atoms with E-state index in [1.807, 2.05) is 66.4 Å². The number of benzene rings is 2. The van der Waals surface area contributed by atoms with E-state index in [9.17, 15) is 9.59 Å². The maximum absolute atomic E-state index is 13.9. The van der Waals surface area contributed by atoms with Gasteiger partial charge in [-0.05, 0) is 59.5 Å². The van der Waals surface area contributed by atoms with Crippen molar-refractivity contribution in [3.8, 4) is 5.75 Å². The Kier molecular flexibility index (Phi) is 9.36. The van der Waals surface area contributed by atoms with E-state index in [0.717, 1.165) is 23.3 Å². The Morgan fingerprint density at radius 1 is 1.08 bits per heavy atom. The molecule has 2 heterocycles. The molecule has 0 aliphatic carbocycles. The van der Waals surface area contributed by atoms with Gasteiger partial charge in [0.15, 0.2) is 0 Å². The van der Waals surface area contributed by atoms with Crippen molar-refractivity contribution in [1.29, 1.82) is 0 Å². The SMILES string of the molecule is CCC(C(=O)N(CCCOC)CC(=O)N1CCc2sccc2C1c1ccc(OC)cc1)c1ccccc1. The number of methoxy groups -OCH3 is 2. The molecule has 1 aliphatic heterocycles. The summed E-state index contributed by atoms with van der Waals surface area (Å²) in [5.41, 5.74) is 3.19. The number of fused-ring (bicyclic) bond motifs is 1. The van der Waals surface area contributed by atoms with Gasteiger partial charge in [-0.3, -0.25) is 9.59 Å². The maximum Gasteiger partial charge on any atom is 0.242 e. The van der Waals surface area contributed by atoms with Gasteiger partial charge < -0.3 is 19.3 Å². The highest BCUT2D eigenvalue weighted by molar-refractivity contribution is 7.10. The van der Waals surface area contributed by atoms with Crippen LogP contribution in [0.15, 0.2) is 66.0 Å². The van der Waals surface area contributed by atoms with Gasteiger partial charge in [0.25, 0.3) is 0 Å². The first kappa shape index (κ1) is 26.9. The van der Waals surface area contributed by atoms with Crippen LogP contribution < -0.4 is 4.74 Å². The number of ether oxygens (including phenoxy) is 2. The number of carbonyl (C=O) groups is 2. The van der Waals surface area contributed by atoms with Gasteiger partial charge >= 0.3 is 0 Å². The van der Waals surface area contributed by atoms with Crippen molar-refractivity contribution in [1.82, 2.24) is 9.80 Å². The van der Waals surface area contributed by atoms with E-state index in [1.54, 1.807) is 30.5 Å². The smallest absolute Gasteiger partial charge is 0.242 e. The Bertz CT molecular complexity index is 1160. The van der Waals surface area contributed by atoms with Crippen LogP contribution in [0.1, 0.15) is 53.3 Å². The van der Waals surface area contributed by atoms with Crippen LogP contribution >= 0.6 is 11.3 Å². The van der Waals surface area contributed by atoms with Crippen molar-refractivity contribution in [2.75, 3.05) is 40.5 Å². The number of amides is 2. The molecule has 0 fully saturated rings. The summed E-state index contributed by atoms with van der Waals surface area (Å²) >= 11 is 1.74. The van der Waals surface area contributed by atoms with Gasteiger partial charge in [-0.25, -0.2) is 0 Å². The Hall–Kier alpha value is -3.16. The minimum absolute atomic E-state index is 0.00705. The lowest BCUT2D eigenvalue weighted by atomic mass is 9.92. The Morgan fingerprint density at radius 3 is 2.51 bits per heavy atom. The molecule has 37 heavy (non-hydrogen) atoms. The van der Waals surface area contributed by atoms with Crippen LogP contribution in [0.4, 0.5) is 0 Å². The monoisotopic (exact) mass is 520 g/mol. The molecule has 0 spiro atoms. The topological polar surface area (TPSA) is 59.1 Å². The van der Waals surface area contributed by atoms with E-state index in [0.29, 0.717) is 32.5 Å². The molecule has 6 nitrogen and oxygen atoms in total. The molecule has 2 atom stereocenters. The van der Waals surface area contributed by atoms with Crippen molar-refractivity contribution in [2.45, 2.75) is 38.1 Å². The molecule has 0 bridgehead atoms. The van der Waals surface area contributed by atoms with Crippen LogP contribution in [0.3, 0.4) is 0 Å². The van der Waals surface area contributed by atoms with E-state index in [-0.39, 0.29) is 30.3 Å². The molecule has 0 N–H and O–H groups in total. The average molecular weight is 521 g/mol. The lowest BCUT2D eigenvalue weighted by molar-refractivity contribution is -0.142. The van der Waals surface area contributed by atoms with E-state index < -0.39 is 0 Å². The summed E-state index contributed by atoms with van der Waals surface area (Å²) in [5.74, 6) is 0.460. The van der Waals surface area contributed by atoms with Crippen molar-refractivity contribution in [3.05, 3.63) is 87.6 Å². The average Bonchev–Trinajstić information content (AvgIpc) is 3.42. The summed E-state index contributed by atoms with van der Waals surface area (Å²) in [6.07, 6.45) is 2.18. The van der Waals surface area contributed by atoms with Crippen LogP contribution in [0.5, 0.6) is 5.75 Å². The number of rotatable bonds is 11. The highest BCUT2D eigenvalue weighted by Crippen LogP contribution is 2.38. The predicted octanol–water partition coefficient (Wildman–Crippen LogP) is 5.29. The van der Waals surface area contributed by atoms with Gasteiger partial charge in [-0.15, -0.1) is 11.3 Å². The molecular weight excluding hydrogens is 484 g/mol. The van der Waals surface area contributed by atoms with Gasteiger partial charge in [0, 0.05) is 31.7 Å². The third-order valence-electron chi connectivity index (χ3n) is 7.04. The molecule has 2 unspecified atom stereocenters. The normalized spacial score (nSPS) is 15.6. The Morgan fingerprint density at radius 2 is 1.84 bits per heavy atom. The molecule has 3 aromatic rings. The highest BCUT2D eigenvalue weighted by atomic mass is 32.1. The van der Waals surface area contributed by atoms with Crippen molar-refractivity contribution in [3.63, 3.8) is 0 Å². The summed E-state index contributed by atoms with van der Waals surface area (Å²) in [4.78, 5) is 32.7. The molecule has 0 saturated heterocycles. The molecule has 1 aromatic heterocycles. The fourth-order valence-electron chi connectivity index (χ4n) is 5.11. The second-order valence-corrected chi connectivity index (χ2v) is 10.3. The highest BCUT2D eigenvalue weighted by Gasteiger charge is 2.35. The van der Waals surface area contributed by atoms with Crippen LogP contribution in [0.25, 0.3) is 0 Å². The molecule has 4 rings (SSSR count). The molecule has 0 radical (unpaired) electrons. The third-order valence-corrected chi connectivity index (χ3v) is 8.04. The zero-order valence-electron chi connectivity index (χ0n) is 21.9. The molecule has 2 aromatic carbocycles. The molecular formula is C30H36N2O4S. The van der Waals surface area contributed by atoms with Crippen LogP contribution in [-0.4, -0.2) is 62.1 Å². The van der Waals surface area contributed by atoms with Crippen LogP contribution in [0, 0.1) is 0 Å². The Labute approximate surface area is 223 Å². The number of carbonyl (C=O) groups excluding carboxylic acids is 2. The quantitative estimate of drug-likeness (QED) is 0.323. The standard InChI is InChI=1S/C30H36N2O4S/c1-4-25(22-9-6-5-7-10-22)30(34)31(17-8-19-35-2)21-28(33)32-18-15-27-26(16-20-37-27)29(32)23-11-13-24(36-3)14-12-23/h5-7,9-14,16,20,25,29H,4,8,15,17-19,21H2,1-3H3. The zero-order valence-corrected chi connectivity index (χ0v) is 22.7. The molecule has 196 valence electrons. The van der Waals surface area contributed by atoms with E-state index in [2.05, 4.69) is 11.4 Å². The fraction of sp³-hybridized carbons (Fsp3) is 0.400. The number of thiophene rings is 1. The van der Waals surface area contributed by atoms with E-state index in [1.165, 1.54) is 10.4 Å². The van der Waals surface area contributed by atoms with Crippen LogP contribution in [-0.2, 0) is 20.7 Å². The van der Waals surface area contributed by atoms with E-state index in [4.69, 9.17) is 9.47 Å². The summed E-state index contributed by atoms with van der Waals surface area (Å²) < 4.78 is 10.6. The van der Waals surface area contributed by atoms with Gasteiger partial charge in [0.1, 0.15) is 5.75 Å². The first-order valence-electron chi connectivity index (χ1n) is 12.9. The summed E-state index contributed by atoms with van der Waals surface area (Å²) in [7, 11) is 3.30. The zero-order chi connectivity index (χ0) is 26.2.